The predicted octanol–water partition coefficient (Wildman–Crippen LogP) is 3.21. The van der Waals surface area contributed by atoms with Gasteiger partial charge in [-0.2, -0.15) is 0 Å². The molecule has 1 fully saturated rings. The first-order valence-corrected chi connectivity index (χ1v) is 9.08. The van der Waals surface area contributed by atoms with E-state index in [4.69, 9.17) is 5.73 Å². The van der Waals surface area contributed by atoms with E-state index in [1.54, 1.807) is 0 Å². The van der Waals surface area contributed by atoms with Crippen LogP contribution in [0.15, 0.2) is 54.6 Å². The maximum Gasteiger partial charge on any atom is 0.251 e. The monoisotopic (exact) mass is 373 g/mol. The molecule has 0 radical (unpaired) electrons. The van der Waals surface area contributed by atoms with Gasteiger partial charge >= 0.3 is 0 Å². The number of halogens is 1. The fourth-order valence-electron chi connectivity index (χ4n) is 3.32. The van der Waals surface area contributed by atoms with Crippen molar-refractivity contribution in [3.63, 3.8) is 0 Å². The summed E-state index contributed by atoms with van der Waals surface area (Å²) in [5.41, 5.74) is 8.71. The third-order valence-electron chi connectivity index (χ3n) is 4.96. The average molecular weight is 374 g/mol. The second kappa shape index (κ2) is 10.3. The van der Waals surface area contributed by atoms with Gasteiger partial charge in [-0.15, -0.1) is 12.4 Å². The van der Waals surface area contributed by atoms with E-state index in [1.807, 2.05) is 24.3 Å². The number of hydrogen-bond acceptors (Lipinski definition) is 3. The van der Waals surface area contributed by atoms with Crippen molar-refractivity contribution in [3.05, 3.63) is 71.3 Å². The Balaban J connectivity index is 0.00000243. The highest BCUT2D eigenvalue weighted by Gasteiger charge is 2.20. The summed E-state index contributed by atoms with van der Waals surface area (Å²) in [7, 11) is 0. The molecule has 5 heteroatoms. The number of piperidine rings is 1. The Kier molecular flexibility index (Phi) is 8.10. The molecule has 1 heterocycles. The van der Waals surface area contributed by atoms with Gasteiger partial charge in [-0.1, -0.05) is 42.5 Å². The van der Waals surface area contributed by atoms with Crippen LogP contribution in [0.3, 0.4) is 0 Å². The van der Waals surface area contributed by atoms with Crippen molar-refractivity contribution in [1.29, 1.82) is 0 Å². The Labute approximate surface area is 162 Å². The lowest BCUT2D eigenvalue weighted by Crippen LogP contribution is -2.38. The molecule has 0 aromatic heterocycles. The number of rotatable bonds is 6. The lowest BCUT2D eigenvalue weighted by atomic mass is 9.96. The first kappa shape index (κ1) is 20.4. The van der Waals surface area contributed by atoms with E-state index >= 15 is 0 Å². The first-order chi connectivity index (χ1) is 12.2. The van der Waals surface area contributed by atoms with Gasteiger partial charge in [0.25, 0.3) is 5.91 Å². The SMILES string of the molecule is Cl.NCc1ccc(C(=O)NCC2CCN(Cc3ccccc3)CC2)cc1. The van der Waals surface area contributed by atoms with E-state index in [9.17, 15) is 4.79 Å². The van der Waals surface area contributed by atoms with Crippen molar-refractivity contribution in [2.45, 2.75) is 25.9 Å². The summed E-state index contributed by atoms with van der Waals surface area (Å²) in [5.74, 6) is 0.578. The number of nitrogens with zero attached hydrogens (tertiary/aromatic N) is 1. The maximum absolute atomic E-state index is 12.2. The van der Waals surface area contributed by atoms with Crippen LogP contribution in [-0.4, -0.2) is 30.4 Å². The van der Waals surface area contributed by atoms with Crippen LogP contribution in [0.4, 0.5) is 0 Å². The molecular formula is C21H28ClN3O. The minimum absolute atomic E-state index is 0. The molecule has 0 unspecified atom stereocenters. The smallest absolute Gasteiger partial charge is 0.251 e. The molecule has 140 valence electrons. The molecule has 1 aliphatic rings. The van der Waals surface area contributed by atoms with E-state index in [0.29, 0.717) is 18.0 Å². The van der Waals surface area contributed by atoms with Crippen LogP contribution in [0.2, 0.25) is 0 Å². The van der Waals surface area contributed by atoms with Crippen molar-refractivity contribution in [2.24, 2.45) is 11.7 Å². The number of nitrogens with one attached hydrogen (secondary N) is 1. The highest BCUT2D eigenvalue weighted by molar-refractivity contribution is 5.94. The van der Waals surface area contributed by atoms with Crippen LogP contribution in [0.5, 0.6) is 0 Å². The Bertz CT molecular complexity index is 667. The molecule has 0 aliphatic carbocycles. The van der Waals surface area contributed by atoms with Gasteiger partial charge in [0.2, 0.25) is 0 Å². The number of amides is 1. The number of likely N-dealkylation sites (tertiary alicyclic amines) is 1. The topological polar surface area (TPSA) is 58.4 Å². The molecule has 0 spiro atoms. The molecule has 3 rings (SSSR count). The predicted molar refractivity (Wildman–Crippen MR) is 108 cm³/mol. The molecule has 0 bridgehead atoms. The fraction of sp³-hybridized carbons (Fsp3) is 0.381. The summed E-state index contributed by atoms with van der Waals surface area (Å²) in [6.45, 7) is 4.48. The van der Waals surface area contributed by atoms with Gasteiger partial charge in [-0.05, 0) is 55.1 Å². The average Bonchev–Trinajstić information content (AvgIpc) is 2.68. The summed E-state index contributed by atoms with van der Waals surface area (Å²) in [4.78, 5) is 14.7. The van der Waals surface area contributed by atoms with Gasteiger partial charge < -0.3 is 11.1 Å². The molecule has 3 N–H and O–H groups in total. The lowest BCUT2D eigenvalue weighted by molar-refractivity contribution is 0.0935. The quantitative estimate of drug-likeness (QED) is 0.817. The lowest BCUT2D eigenvalue weighted by Gasteiger charge is -2.32. The van der Waals surface area contributed by atoms with Crippen LogP contribution >= 0.6 is 12.4 Å². The van der Waals surface area contributed by atoms with Crippen LogP contribution < -0.4 is 11.1 Å². The molecule has 2 aromatic rings. The largest absolute Gasteiger partial charge is 0.352 e. The minimum Gasteiger partial charge on any atom is -0.352 e. The van der Waals surface area contributed by atoms with E-state index < -0.39 is 0 Å². The standard InChI is InChI=1S/C21H27N3O.ClH/c22-14-17-6-8-20(9-7-17)21(25)23-15-18-10-12-24(13-11-18)16-19-4-2-1-3-5-19;/h1-9,18H,10-16,22H2,(H,23,25);1H. The highest BCUT2D eigenvalue weighted by Crippen LogP contribution is 2.18. The zero-order chi connectivity index (χ0) is 17.5. The minimum atomic E-state index is 0. The van der Waals surface area contributed by atoms with Gasteiger partial charge in [0.05, 0.1) is 0 Å². The second-order valence-electron chi connectivity index (χ2n) is 6.82. The van der Waals surface area contributed by atoms with Crippen LogP contribution in [0.25, 0.3) is 0 Å². The first-order valence-electron chi connectivity index (χ1n) is 9.08. The van der Waals surface area contributed by atoms with Gasteiger partial charge in [-0.25, -0.2) is 0 Å². The zero-order valence-electron chi connectivity index (χ0n) is 15.1. The number of carbonyl (C=O) groups excluding carboxylic acids is 1. The Hall–Kier alpha value is -1.88. The molecule has 26 heavy (non-hydrogen) atoms. The van der Waals surface area contributed by atoms with Crippen molar-refractivity contribution < 1.29 is 4.79 Å². The highest BCUT2D eigenvalue weighted by atomic mass is 35.5. The molecule has 2 aromatic carbocycles. The van der Waals surface area contributed by atoms with Crippen LogP contribution in [0.1, 0.15) is 34.3 Å². The van der Waals surface area contributed by atoms with E-state index in [1.165, 1.54) is 5.56 Å². The van der Waals surface area contributed by atoms with Crippen molar-refractivity contribution >= 4 is 18.3 Å². The van der Waals surface area contributed by atoms with Crippen molar-refractivity contribution in [1.82, 2.24) is 10.2 Å². The van der Waals surface area contributed by atoms with Crippen LogP contribution in [0, 0.1) is 5.92 Å². The zero-order valence-corrected chi connectivity index (χ0v) is 15.9. The summed E-state index contributed by atoms with van der Waals surface area (Å²) in [6.07, 6.45) is 2.28. The van der Waals surface area contributed by atoms with Crippen molar-refractivity contribution in [3.8, 4) is 0 Å². The molecule has 0 atom stereocenters. The summed E-state index contributed by atoms with van der Waals surface area (Å²) in [5, 5.41) is 3.08. The second-order valence-corrected chi connectivity index (χ2v) is 6.82. The summed E-state index contributed by atoms with van der Waals surface area (Å²) >= 11 is 0. The molecular weight excluding hydrogens is 346 g/mol. The molecule has 0 saturated carbocycles. The van der Waals surface area contributed by atoms with Gasteiger partial charge in [0.15, 0.2) is 0 Å². The fourth-order valence-corrected chi connectivity index (χ4v) is 3.32. The third-order valence-corrected chi connectivity index (χ3v) is 4.96. The molecule has 4 nitrogen and oxygen atoms in total. The maximum atomic E-state index is 12.2. The number of nitrogens with two attached hydrogens (primary N) is 1. The molecule has 1 saturated heterocycles. The van der Waals surface area contributed by atoms with Gasteiger partial charge in [0, 0.05) is 25.2 Å². The van der Waals surface area contributed by atoms with E-state index in [0.717, 1.165) is 44.6 Å². The summed E-state index contributed by atoms with van der Waals surface area (Å²) < 4.78 is 0. The van der Waals surface area contributed by atoms with Crippen molar-refractivity contribution in [2.75, 3.05) is 19.6 Å². The number of hydrogen-bond donors (Lipinski definition) is 2. The van der Waals surface area contributed by atoms with E-state index in [-0.39, 0.29) is 18.3 Å². The van der Waals surface area contributed by atoms with Gasteiger partial charge in [-0.3, -0.25) is 9.69 Å². The Morgan fingerprint density at radius 3 is 2.27 bits per heavy atom. The number of benzene rings is 2. The Morgan fingerprint density at radius 1 is 1.00 bits per heavy atom. The number of carbonyl (C=O) groups is 1. The normalized spacial score (nSPS) is 15.3. The molecule has 1 aliphatic heterocycles. The van der Waals surface area contributed by atoms with Crippen LogP contribution in [-0.2, 0) is 13.1 Å². The van der Waals surface area contributed by atoms with E-state index in [2.05, 4.69) is 40.5 Å². The molecule has 1 amide bonds. The third kappa shape index (κ3) is 5.84. The summed E-state index contributed by atoms with van der Waals surface area (Å²) in [6, 6.07) is 18.1. The van der Waals surface area contributed by atoms with Gasteiger partial charge in [0.1, 0.15) is 0 Å². The Morgan fingerprint density at radius 2 is 1.65 bits per heavy atom.